The molecule has 5 aliphatic rings. The Hall–Kier alpha value is -1.37. The zero-order valence-corrected chi connectivity index (χ0v) is 16.5. The van der Waals surface area contributed by atoms with Crippen LogP contribution in [0.2, 0.25) is 0 Å². The summed E-state index contributed by atoms with van der Waals surface area (Å²) in [5.41, 5.74) is 0.563. The fourth-order valence-corrected chi connectivity index (χ4v) is 7.48. The number of rotatable bonds is 2. The van der Waals surface area contributed by atoms with E-state index in [0.29, 0.717) is 18.4 Å². The molecule has 0 amide bonds. The smallest absolute Gasteiger partial charge is 0.302 e. The van der Waals surface area contributed by atoms with Crippen LogP contribution >= 0.6 is 0 Å². The molecule has 28 heavy (non-hydrogen) atoms. The quantitative estimate of drug-likeness (QED) is 0.569. The van der Waals surface area contributed by atoms with Crippen LogP contribution in [0.1, 0.15) is 57.6 Å². The number of epoxide rings is 1. The van der Waals surface area contributed by atoms with Gasteiger partial charge in [0.05, 0.1) is 37.3 Å². The van der Waals surface area contributed by atoms with Gasteiger partial charge in [0.2, 0.25) is 0 Å². The molecular formula is C22H28O6. The first-order valence-corrected chi connectivity index (χ1v) is 10.6. The van der Waals surface area contributed by atoms with Gasteiger partial charge in [0.15, 0.2) is 6.29 Å². The van der Waals surface area contributed by atoms with E-state index in [0.717, 1.165) is 44.3 Å². The van der Waals surface area contributed by atoms with E-state index in [1.807, 2.05) is 6.07 Å². The molecule has 0 radical (unpaired) electrons. The van der Waals surface area contributed by atoms with Crippen LogP contribution in [0.15, 0.2) is 23.0 Å². The maximum Gasteiger partial charge on any atom is 0.302 e. The van der Waals surface area contributed by atoms with Gasteiger partial charge in [-0.1, -0.05) is 13.3 Å². The van der Waals surface area contributed by atoms with Gasteiger partial charge in [-0.15, -0.1) is 0 Å². The Morgan fingerprint density at radius 1 is 1.32 bits per heavy atom. The van der Waals surface area contributed by atoms with Crippen LogP contribution in [0.3, 0.4) is 0 Å². The average molecular weight is 388 g/mol. The molecule has 3 saturated heterocycles. The maximum atomic E-state index is 12.0. The molecule has 5 fully saturated rings. The molecule has 1 aromatic heterocycles. The standard InChI is InChI=1S/C22H28O6/c1-13-8-18(27-14(2)23)22-12-25-19-21(13,9-16(28-19)15-5-7-24-10-15)17(22)4-3-6-20(22)11-26-20/h5,7,10,13,16-19H,3-4,6,8-9,11-12H2,1-2H3. The molecule has 6 nitrogen and oxygen atoms in total. The molecule has 6 heteroatoms. The number of furan rings is 1. The highest BCUT2D eigenvalue weighted by Gasteiger charge is 2.79. The van der Waals surface area contributed by atoms with E-state index < -0.39 is 0 Å². The maximum absolute atomic E-state index is 12.0. The fourth-order valence-electron chi connectivity index (χ4n) is 7.48. The zero-order chi connectivity index (χ0) is 19.1. The van der Waals surface area contributed by atoms with Crippen molar-refractivity contribution in [3.05, 3.63) is 24.2 Å². The average Bonchev–Trinajstić information content (AvgIpc) is 3.09. The van der Waals surface area contributed by atoms with E-state index in [1.165, 1.54) is 6.92 Å². The number of ether oxygens (including phenoxy) is 4. The van der Waals surface area contributed by atoms with Crippen molar-refractivity contribution < 1.29 is 28.2 Å². The third-order valence-electron chi connectivity index (χ3n) is 8.71. The van der Waals surface area contributed by atoms with Crippen molar-refractivity contribution in [3.8, 4) is 0 Å². The first-order valence-electron chi connectivity index (χ1n) is 10.6. The molecule has 1 aromatic rings. The Kier molecular flexibility index (Phi) is 3.51. The van der Waals surface area contributed by atoms with E-state index in [1.54, 1.807) is 12.5 Å². The van der Waals surface area contributed by atoms with E-state index >= 15 is 0 Å². The number of hydrogen-bond donors (Lipinski definition) is 0. The molecular weight excluding hydrogens is 360 g/mol. The summed E-state index contributed by atoms with van der Waals surface area (Å²) in [6.07, 6.45) is 8.20. The van der Waals surface area contributed by atoms with E-state index in [2.05, 4.69) is 6.92 Å². The third kappa shape index (κ3) is 1.97. The Labute approximate surface area is 164 Å². The first-order chi connectivity index (χ1) is 13.5. The van der Waals surface area contributed by atoms with Crippen molar-refractivity contribution in [2.75, 3.05) is 13.2 Å². The van der Waals surface area contributed by atoms with Crippen LogP contribution in [-0.2, 0) is 23.7 Å². The highest BCUT2D eigenvalue weighted by Crippen LogP contribution is 2.74. The fraction of sp³-hybridized carbons (Fsp3) is 0.773. The third-order valence-corrected chi connectivity index (χ3v) is 8.71. The van der Waals surface area contributed by atoms with Crippen LogP contribution in [0.25, 0.3) is 0 Å². The van der Waals surface area contributed by atoms with Gasteiger partial charge in [-0.05, 0) is 43.6 Å². The van der Waals surface area contributed by atoms with E-state index in [4.69, 9.17) is 23.4 Å². The molecule has 152 valence electrons. The number of carbonyl (C=O) groups excluding carboxylic acids is 1. The minimum Gasteiger partial charge on any atom is -0.472 e. The summed E-state index contributed by atoms with van der Waals surface area (Å²) in [7, 11) is 0. The van der Waals surface area contributed by atoms with E-state index in [-0.39, 0.29) is 40.9 Å². The predicted octanol–water partition coefficient (Wildman–Crippen LogP) is 3.61. The molecule has 2 aliphatic carbocycles. The van der Waals surface area contributed by atoms with Gasteiger partial charge in [-0.2, -0.15) is 0 Å². The summed E-state index contributed by atoms with van der Waals surface area (Å²) in [5, 5.41) is 0. The van der Waals surface area contributed by atoms with Gasteiger partial charge >= 0.3 is 5.97 Å². The molecule has 2 bridgehead atoms. The van der Waals surface area contributed by atoms with Gasteiger partial charge in [0, 0.05) is 17.9 Å². The lowest BCUT2D eigenvalue weighted by molar-refractivity contribution is -0.332. The molecule has 6 rings (SSSR count). The van der Waals surface area contributed by atoms with Crippen molar-refractivity contribution in [2.45, 2.75) is 70.1 Å². The lowest BCUT2D eigenvalue weighted by Gasteiger charge is -2.66. The Balaban J connectivity index is 1.46. The van der Waals surface area contributed by atoms with Crippen LogP contribution < -0.4 is 0 Å². The summed E-state index contributed by atoms with van der Waals surface area (Å²) in [6, 6.07) is 1.99. The van der Waals surface area contributed by atoms with Crippen LogP contribution in [0.4, 0.5) is 0 Å². The Morgan fingerprint density at radius 2 is 2.18 bits per heavy atom. The van der Waals surface area contributed by atoms with Crippen molar-refractivity contribution in [3.63, 3.8) is 0 Å². The van der Waals surface area contributed by atoms with Crippen molar-refractivity contribution >= 4 is 5.97 Å². The summed E-state index contributed by atoms with van der Waals surface area (Å²) in [6.45, 7) is 5.11. The number of esters is 1. The van der Waals surface area contributed by atoms with Crippen LogP contribution in [0, 0.1) is 22.7 Å². The minimum absolute atomic E-state index is 0.00901. The summed E-state index contributed by atoms with van der Waals surface area (Å²) >= 11 is 0. The molecule has 4 heterocycles. The normalized spacial score (nSPS) is 51.4. The molecule has 8 atom stereocenters. The van der Waals surface area contributed by atoms with Gasteiger partial charge < -0.3 is 23.4 Å². The SMILES string of the molecule is CC(=O)OC1CC(C)C23CC(c4ccoc4)OC2OCC12C3CCCC21CO1. The molecule has 2 saturated carbocycles. The van der Waals surface area contributed by atoms with Crippen molar-refractivity contribution in [1.29, 1.82) is 0 Å². The number of carbonyl (C=O) groups is 1. The van der Waals surface area contributed by atoms with Gasteiger partial charge in [0.1, 0.15) is 11.7 Å². The van der Waals surface area contributed by atoms with Gasteiger partial charge in [-0.3, -0.25) is 4.79 Å². The summed E-state index contributed by atoms with van der Waals surface area (Å²) in [5.74, 6) is 0.509. The topological polar surface area (TPSA) is 70.4 Å². The lowest BCUT2D eigenvalue weighted by atomic mass is 9.41. The van der Waals surface area contributed by atoms with E-state index in [9.17, 15) is 4.79 Å². The van der Waals surface area contributed by atoms with Crippen LogP contribution in [-0.4, -0.2) is 37.2 Å². The van der Waals surface area contributed by atoms with Crippen molar-refractivity contribution in [2.24, 2.45) is 22.7 Å². The van der Waals surface area contributed by atoms with Crippen molar-refractivity contribution in [1.82, 2.24) is 0 Å². The summed E-state index contributed by atoms with van der Waals surface area (Å²) < 4.78 is 30.4. The molecule has 0 N–H and O–H groups in total. The Morgan fingerprint density at radius 3 is 2.89 bits per heavy atom. The first kappa shape index (κ1) is 17.5. The molecule has 8 unspecified atom stereocenters. The second kappa shape index (κ2) is 5.61. The molecule has 3 aliphatic heterocycles. The monoisotopic (exact) mass is 388 g/mol. The van der Waals surface area contributed by atoms with Gasteiger partial charge in [-0.25, -0.2) is 0 Å². The number of hydrogen-bond acceptors (Lipinski definition) is 6. The summed E-state index contributed by atoms with van der Waals surface area (Å²) in [4.78, 5) is 12.0. The highest BCUT2D eigenvalue weighted by atomic mass is 16.7. The largest absolute Gasteiger partial charge is 0.472 e. The second-order valence-electron chi connectivity index (χ2n) is 9.64. The second-order valence-corrected chi connectivity index (χ2v) is 9.64. The highest BCUT2D eigenvalue weighted by molar-refractivity contribution is 5.66. The predicted molar refractivity (Wildman–Crippen MR) is 97.1 cm³/mol. The minimum atomic E-state index is -0.255. The van der Waals surface area contributed by atoms with Gasteiger partial charge in [0.25, 0.3) is 0 Å². The Bertz CT molecular complexity index is 785. The molecule has 2 spiro atoms. The zero-order valence-electron chi connectivity index (χ0n) is 16.5. The van der Waals surface area contributed by atoms with Crippen LogP contribution in [0.5, 0.6) is 0 Å². The molecule has 0 aromatic carbocycles. The lowest BCUT2D eigenvalue weighted by Crippen LogP contribution is -2.72.